The van der Waals surface area contributed by atoms with E-state index in [-0.39, 0.29) is 12.4 Å². The van der Waals surface area contributed by atoms with Crippen LogP contribution >= 0.6 is 0 Å². The standard InChI is InChI=1S/C11H19NO2/c12-5-9-6-13-11(14-9)10-4-7-1-2-8(10)3-7/h7-11H,1-6,12H2. The summed E-state index contributed by atoms with van der Waals surface area (Å²) in [6.45, 7) is 1.30. The summed E-state index contributed by atoms with van der Waals surface area (Å²) in [6.07, 6.45) is 5.80. The fourth-order valence-corrected chi connectivity index (χ4v) is 3.45. The first-order valence-electron chi connectivity index (χ1n) is 5.84. The zero-order chi connectivity index (χ0) is 9.54. The van der Waals surface area contributed by atoms with Crippen LogP contribution in [0.15, 0.2) is 0 Å². The van der Waals surface area contributed by atoms with Gasteiger partial charge in [0.05, 0.1) is 12.7 Å². The number of fused-ring (bicyclic) bond motifs is 2. The maximum Gasteiger partial charge on any atom is 0.161 e. The minimum absolute atomic E-state index is 0.0684. The molecule has 5 atom stereocenters. The molecule has 3 rings (SSSR count). The number of hydrogen-bond donors (Lipinski definition) is 1. The highest BCUT2D eigenvalue weighted by molar-refractivity contribution is 4.92. The van der Waals surface area contributed by atoms with Crippen molar-refractivity contribution in [2.24, 2.45) is 23.5 Å². The van der Waals surface area contributed by atoms with Crippen LogP contribution in [0.4, 0.5) is 0 Å². The van der Waals surface area contributed by atoms with E-state index >= 15 is 0 Å². The average Bonchev–Trinajstić information content (AvgIpc) is 2.93. The van der Waals surface area contributed by atoms with Crippen LogP contribution in [0.25, 0.3) is 0 Å². The van der Waals surface area contributed by atoms with Gasteiger partial charge in [-0.05, 0) is 31.1 Å². The molecule has 0 amide bonds. The minimum atomic E-state index is 0.0684. The molecule has 5 unspecified atom stereocenters. The number of rotatable bonds is 2. The van der Waals surface area contributed by atoms with Crippen LogP contribution in [0, 0.1) is 17.8 Å². The number of hydrogen-bond acceptors (Lipinski definition) is 3. The molecule has 2 bridgehead atoms. The molecule has 0 aromatic carbocycles. The lowest BCUT2D eigenvalue weighted by Gasteiger charge is -2.26. The highest BCUT2D eigenvalue weighted by Crippen LogP contribution is 2.50. The van der Waals surface area contributed by atoms with Crippen LogP contribution in [0.3, 0.4) is 0 Å². The van der Waals surface area contributed by atoms with Gasteiger partial charge in [-0.3, -0.25) is 0 Å². The van der Waals surface area contributed by atoms with E-state index in [1.165, 1.54) is 25.7 Å². The lowest BCUT2D eigenvalue weighted by atomic mass is 9.88. The Hall–Kier alpha value is -0.120. The Labute approximate surface area is 84.9 Å². The molecule has 2 saturated carbocycles. The van der Waals surface area contributed by atoms with E-state index in [0.717, 1.165) is 11.8 Å². The Morgan fingerprint density at radius 1 is 1.21 bits per heavy atom. The summed E-state index contributed by atoms with van der Waals surface area (Å²) >= 11 is 0. The first-order chi connectivity index (χ1) is 6.86. The third-order valence-electron chi connectivity index (χ3n) is 4.18. The van der Waals surface area contributed by atoms with Crippen molar-refractivity contribution in [1.29, 1.82) is 0 Å². The van der Waals surface area contributed by atoms with Crippen LogP contribution in [0.5, 0.6) is 0 Å². The second-order valence-corrected chi connectivity index (χ2v) is 5.03. The lowest BCUT2D eigenvalue weighted by Crippen LogP contribution is -2.28. The molecule has 0 radical (unpaired) electrons. The Morgan fingerprint density at radius 3 is 2.71 bits per heavy atom. The molecule has 3 aliphatic rings. The molecule has 1 saturated heterocycles. The van der Waals surface area contributed by atoms with Crippen LogP contribution in [-0.2, 0) is 9.47 Å². The van der Waals surface area contributed by atoms with Gasteiger partial charge >= 0.3 is 0 Å². The monoisotopic (exact) mass is 197 g/mol. The number of ether oxygens (including phenoxy) is 2. The summed E-state index contributed by atoms with van der Waals surface area (Å²) in [5.74, 6) is 2.51. The molecule has 1 aliphatic heterocycles. The van der Waals surface area contributed by atoms with Gasteiger partial charge in [-0.25, -0.2) is 0 Å². The predicted molar refractivity (Wildman–Crippen MR) is 52.6 cm³/mol. The molecule has 0 aromatic rings. The molecule has 14 heavy (non-hydrogen) atoms. The Bertz CT molecular complexity index is 221. The molecule has 2 N–H and O–H groups in total. The average molecular weight is 197 g/mol. The first-order valence-corrected chi connectivity index (χ1v) is 5.84. The van der Waals surface area contributed by atoms with E-state index in [1.54, 1.807) is 0 Å². The van der Waals surface area contributed by atoms with E-state index < -0.39 is 0 Å². The summed E-state index contributed by atoms with van der Waals surface area (Å²) in [4.78, 5) is 0. The second kappa shape index (κ2) is 3.47. The van der Waals surface area contributed by atoms with Crippen molar-refractivity contribution < 1.29 is 9.47 Å². The Balaban J connectivity index is 1.62. The van der Waals surface area contributed by atoms with Crippen molar-refractivity contribution in [3.8, 4) is 0 Å². The third-order valence-corrected chi connectivity index (χ3v) is 4.18. The zero-order valence-corrected chi connectivity index (χ0v) is 8.52. The highest BCUT2D eigenvalue weighted by atomic mass is 16.7. The maximum absolute atomic E-state index is 5.80. The molecular weight excluding hydrogens is 178 g/mol. The number of nitrogens with two attached hydrogens (primary N) is 1. The molecular formula is C11H19NO2. The second-order valence-electron chi connectivity index (χ2n) is 5.03. The molecule has 3 fully saturated rings. The van der Waals surface area contributed by atoms with Crippen molar-refractivity contribution in [3.05, 3.63) is 0 Å². The van der Waals surface area contributed by atoms with E-state index in [4.69, 9.17) is 15.2 Å². The smallest absolute Gasteiger partial charge is 0.161 e. The summed E-state index contributed by atoms with van der Waals surface area (Å²) in [5, 5.41) is 0. The van der Waals surface area contributed by atoms with Crippen LogP contribution in [-0.4, -0.2) is 25.5 Å². The van der Waals surface area contributed by atoms with Gasteiger partial charge in [-0.15, -0.1) is 0 Å². The van der Waals surface area contributed by atoms with Gasteiger partial charge in [0.15, 0.2) is 6.29 Å². The largest absolute Gasteiger partial charge is 0.350 e. The summed E-state index contributed by atoms with van der Waals surface area (Å²) in [6, 6.07) is 0. The molecule has 2 aliphatic carbocycles. The predicted octanol–water partition coefficient (Wildman–Crippen LogP) is 1.12. The van der Waals surface area contributed by atoms with Crippen molar-refractivity contribution in [3.63, 3.8) is 0 Å². The van der Waals surface area contributed by atoms with Crippen LogP contribution < -0.4 is 5.73 Å². The minimum Gasteiger partial charge on any atom is -0.350 e. The van der Waals surface area contributed by atoms with E-state index in [0.29, 0.717) is 19.1 Å². The van der Waals surface area contributed by atoms with Crippen molar-refractivity contribution in [2.75, 3.05) is 13.2 Å². The molecule has 0 spiro atoms. The molecule has 3 nitrogen and oxygen atoms in total. The first kappa shape index (κ1) is 9.13. The van der Waals surface area contributed by atoms with E-state index in [2.05, 4.69) is 0 Å². The van der Waals surface area contributed by atoms with Gasteiger partial charge < -0.3 is 15.2 Å². The molecule has 0 aromatic heterocycles. The highest BCUT2D eigenvalue weighted by Gasteiger charge is 2.46. The fourth-order valence-electron chi connectivity index (χ4n) is 3.45. The van der Waals surface area contributed by atoms with Crippen LogP contribution in [0.1, 0.15) is 25.7 Å². The zero-order valence-electron chi connectivity index (χ0n) is 8.52. The third kappa shape index (κ3) is 1.38. The van der Waals surface area contributed by atoms with Crippen molar-refractivity contribution in [1.82, 2.24) is 0 Å². The maximum atomic E-state index is 5.80. The van der Waals surface area contributed by atoms with Gasteiger partial charge in [0.1, 0.15) is 0 Å². The van der Waals surface area contributed by atoms with Crippen molar-refractivity contribution >= 4 is 0 Å². The summed E-state index contributed by atoms with van der Waals surface area (Å²) in [7, 11) is 0. The van der Waals surface area contributed by atoms with Gasteiger partial charge in [0, 0.05) is 12.5 Å². The van der Waals surface area contributed by atoms with E-state index in [1.807, 2.05) is 0 Å². The lowest BCUT2D eigenvalue weighted by molar-refractivity contribution is -0.108. The quantitative estimate of drug-likeness (QED) is 0.721. The topological polar surface area (TPSA) is 44.5 Å². The van der Waals surface area contributed by atoms with E-state index in [9.17, 15) is 0 Å². The molecule has 80 valence electrons. The molecule has 3 heteroatoms. The Morgan fingerprint density at radius 2 is 2.14 bits per heavy atom. The molecule has 1 heterocycles. The van der Waals surface area contributed by atoms with Gasteiger partial charge in [0.25, 0.3) is 0 Å². The normalized spacial score (nSPS) is 51.6. The summed E-state index contributed by atoms with van der Waals surface area (Å²) in [5.41, 5.74) is 5.57. The van der Waals surface area contributed by atoms with Crippen molar-refractivity contribution in [2.45, 2.75) is 38.1 Å². The summed E-state index contributed by atoms with van der Waals surface area (Å²) < 4.78 is 11.5. The van der Waals surface area contributed by atoms with Crippen LogP contribution in [0.2, 0.25) is 0 Å². The van der Waals surface area contributed by atoms with Gasteiger partial charge in [-0.1, -0.05) is 6.42 Å². The Kier molecular flexibility index (Phi) is 2.26. The van der Waals surface area contributed by atoms with Gasteiger partial charge in [0.2, 0.25) is 0 Å². The SMILES string of the molecule is NCC1COC(C2CC3CCC2C3)O1. The fraction of sp³-hybridized carbons (Fsp3) is 1.00. The van der Waals surface area contributed by atoms with Gasteiger partial charge in [-0.2, -0.15) is 0 Å².